The Bertz CT molecular complexity index is 2830. The fraction of sp³-hybridized carbons (Fsp3) is 0.182. The number of benzene rings is 5. The SMILES string of the molecule is O=C1OC(=O)c2ccc3c4c(ccc1c24)C(=O)N(c1ccc(-n2c4c(c5ccccc52)CCCC4O)cc1-n1c2c(c4ccccc41)CCCC2O)C3=O. The first-order valence-corrected chi connectivity index (χ1v) is 18.3. The maximum absolute atomic E-state index is 14.8. The molecular weight excluding hydrogens is 682 g/mol. The van der Waals surface area contributed by atoms with E-state index in [4.69, 9.17) is 4.74 Å². The van der Waals surface area contributed by atoms with Crippen LogP contribution in [0.3, 0.4) is 0 Å². The molecule has 10 heteroatoms. The third kappa shape index (κ3) is 4.01. The third-order valence-electron chi connectivity index (χ3n) is 11.8. The van der Waals surface area contributed by atoms with E-state index < -0.39 is 36.0 Å². The van der Waals surface area contributed by atoms with E-state index in [1.165, 1.54) is 24.3 Å². The lowest BCUT2D eigenvalue weighted by Gasteiger charge is -2.31. The van der Waals surface area contributed by atoms with E-state index in [-0.39, 0.29) is 33.0 Å². The average Bonchev–Trinajstić information content (AvgIpc) is 3.71. The van der Waals surface area contributed by atoms with Crippen molar-refractivity contribution in [1.82, 2.24) is 9.13 Å². The number of aryl methyl sites for hydroxylation is 2. The number of carbonyl (C=O) groups excluding carboxylic acids is 4. The van der Waals surface area contributed by atoms with Crippen molar-refractivity contribution in [2.45, 2.75) is 50.7 Å². The molecule has 4 aliphatic rings. The molecule has 10 nitrogen and oxygen atoms in total. The van der Waals surface area contributed by atoms with Crippen LogP contribution in [0.5, 0.6) is 0 Å². The molecule has 0 radical (unpaired) electrons. The molecule has 54 heavy (non-hydrogen) atoms. The van der Waals surface area contributed by atoms with Crippen LogP contribution in [0.15, 0.2) is 91.0 Å². The quantitative estimate of drug-likeness (QED) is 0.110. The Morgan fingerprint density at radius 2 is 1.06 bits per heavy atom. The summed E-state index contributed by atoms with van der Waals surface area (Å²) in [7, 11) is 0. The van der Waals surface area contributed by atoms with Gasteiger partial charge in [-0.15, -0.1) is 0 Å². The Labute approximate surface area is 307 Å². The average molecular weight is 714 g/mol. The number of aromatic nitrogens is 2. The van der Waals surface area contributed by atoms with Crippen LogP contribution in [-0.2, 0) is 17.6 Å². The molecule has 2 atom stereocenters. The van der Waals surface area contributed by atoms with Gasteiger partial charge in [-0.2, -0.15) is 0 Å². The highest BCUT2D eigenvalue weighted by atomic mass is 16.6. The maximum atomic E-state index is 14.8. The molecule has 0 spiro atoms. The summed E-state index contributed by atoms with van der Waals surface area (Å²) in [6.45, 7) is 0. The first-order valence-electron chi connectivity index (χ1n) is 18.3. The minimum atomic E-state index is -0.830. The van der Waals surface area contributed by atoms with E-state index >= 15 is 0 Å². The van der Waals surface area contributed by atoms with Gasteiger partial charge in [-0.1, -0.05) is 36.4 Å². The summed E-state index contributed by atoms with van der Waals surface area (Å²) in [5.74, 6) is -2.88. The first-order chi connectivity index (χ1) is 26.3. The number of hydrogen-bond acceptors (Lipinski definition) is 7. The van der Waals surface area contributed by atoms with Crippen LogP contribution >= 0.6 is 0 Å². The van der Waals surface area contributed by atoms with E-state index in [2.05, 4.69) is 10.6 Å². The van der Waals surface area contributed by atoms with E-state index in [0.29, 0.717) is 29.9 Å². The summed E-state index contributed by atoms with van der Waals surface area (Å²) < 4.78 is 9.02. The van der Waals surface area contributed by atoms with E-state index in [0.717, 1.165) is 74.9 Å². The van der Waals surface area contributed by atoms with Gasteiger partial charge in [0.05, 0.1) is 57.1 Å². The maximum Gasteiger partial charge on any atom is 0.346 e. The second-order valence-corrected chi connectivity index (χ2v) is 14.6. The van der Waals surface area contributed by atoms with Gasteiger partial charge in [-0.05, 0) is 104 Å². The molecule has 5 aromatic carbocycles. The number of fused-ring (bicyclic) bond motifs is 6. The van der Waals surface area contributed by atoms with Crippen molar-refractivity contribution in [2.24, 2.45) is 0 Å². The molecule has 2 aliphatic carbocycles. The summed E-state index contributed by atoms with van der Waals surface area (Å²) in [4.78, 5) is 56.2. The Morgan fingerprint density at radius 1 is 0.556 bits per heavy atom. The number of nitrogens with zero attached hydrogens (tertiary/aromatic N) is 3. The van der Waals surface area contributed by atoms with Crippen molar-refractivity contribution in [2.75, 3.05) is 4.90 Å². The summed E-state index contributed by atoms with van der Waals surface area (Å²) in [6.07, 6.45) is 3.01. The van der Waals surface area contributed by atoms with Gasteiger partial charge in [0.25, 0.3) is 11.8 Å². The van der Waals surface area contributed by atoms with Crippen molar-refractivity contribution in [3.8, 4) is 11.4 Å². The van der Waals surface area contributed by atoms with Gasteiger partial charge in [0.15, 0.2) is 0 Å². The molecule has 11 rings (SSSR count). The summed E-state index contributed by atoms with van der Waals surface area (Å²) in [6, 6.07) is 27.6. The molecule has 2 N–H and O–H groups in total. The summed E-state index contributed by atoms with van der Waals surface area (Å²) >= 11 is 0. The number of hydrogen-bond donors (Lipinski definition) is 2. The first kappa shape index (κ1) is 31.2. The molecule has 0 saturated carbocycles. The second kappa shape index (κ2) is 11.1. The van der Waals surface area contributed by atoms with Gasteiger partial charge in [0, 0.05) is 38.4 Å². The zero-order valence-corrected chi connectivity index (χ0v) is 28.8. The summed E-state index contributed by atoms with van der Waals surface area (Å²) in [5.41, 5.74) is 7.58. The molecule has 264 valence electrons. The molecule has 7 aromatic rings. The van der Waals surface area contributed by atoms with Gasteiger partial charge in [-0.3, -0.25) is 9.59 Å². The zero-order chi connectivity index (χ0) is 36.6. The topological polar surface area (TPSA) is 131 Å². The Balaban J connectivity index is 1.20. The minimum absolute atomic E-state index is 0.119. The van der Waals surface area contributed by atoms with Gasteiger partial charge in [0.1, 0.15) is 0 Å². The fourth-order valence-electron chi connectivity index (χ4n) is 9.59. The van der Waals surface area contributed by atoms with Crippen molar-refractivity contribution < 1.29 is 34.1 Å². The zero-order valence-electron chi connectivity index (χ0n) is 28.8. The van der Waals surface area contributed by atoms with Crippen LogP contribution < -0.4 is 4.90 Å². The number of amides is 2. The van der Waals surface area contributed by atoms with E-state index in [1.54, 1.807) is 6.07 Å². The van der Waals surface area contributed by atoms with Crippen LogP contribution in [0.25, 0.3) is 44.0 Å². The molecule has 2 unspecified atom stereocenters. The van der Waals surface area contributed by atoms with Crippen molar-refractivity contribution in [3.63, 3.8) is 0 Å². The second-order valence-electron chi connectivity index (χ2n) is 14.6. The molecule has 0 saturated heterocycles. The minimum Gasteiger partial charge on any atom is -0.387 e. The number of para-hydroxylation sites is 2. The largest absolute Gasteiger partial charge is 0.387 e. The van der Waals surface area contributed by atoms with E-state index in [1.807, 2.05) is 59.2 Å². The molecule has 2 aliphatic heterocycles. The van der Waals surface area contributed by atoms with Crippen LogP contribution in [0.2, 0.25) is 0 Å². The van der Waals surface area contributed by atoms with E-state index in [9.17, 15) is 29.4 Å². The number of carbonyl (C=O) groups is 4. The number of aliphatic hydroxyl groups excluding tert-OH is 2. The Kier molecular flexibility index (Phi) is 6.40. The lowest BCUT2D eigenvalue weighted by atomic mass is 9.87. The number of aliphatic hydroxyl groups is 2. The predicted octanol–water partition coefficient (Wildman–Crippen LogP) is 7.58. The number of esters is 2. The molecule has 0 fully saturated rings. The molecule has 2 amide bonds. The van der Waals surface area contributed by atoms with Gasteiger partial charge >= 0.3 is 11.9 Å². The smallest absolute Gasteiger partial charge is 0.346 e. The third-order valence-corrected chi connectivity index (χ3v) is 11.8. The van der Waals surface area contributed by atoms with Crippen LogP contribution in [-0.4, -0.2) is 43.1 Å². The highest BCUT2D eigenvalue weighted by Gasteiger charge is 2.40. The van der Waals surface area contributed by atoms with Crippen molar-refractivity contribution >= 4 is 62.0 Å². The lowest BCUT2D eigenvalue weighted by Crippen LogP contribution is -2.41. The number of ether oxygens (including phenoxy) is 1. The standard InChI is InChI=1S/C44H31N3O7/c48-35-13-5-9-25-23-7-1-3-11-31(23)45(39(25)35)22-15-20-33(34(21-22)46-32-12-4-2-8-24(32)26-10-6-14-36(49)40(26)46)47-41(50)27-16-18-29-38-30(44(53)54-43(29)52)19-17-28(37(27)38)42(47)51/h1-4,7-8,11-12,15-21,35-36,48-49H,5-6,9-10,13-14H2. The number of cyclic esters (lactones) is 2. The van der Waals surface area contributed by atoms with Crippen molar-refractivity contribution in [3.05, 3.63) is 136 Å². The molecule has 0 bridgehead atoms. The van der Waals surface area contributed by atoms with Crippen LogP contribution in [0.4, 0.5) is 5.69 Å². The predicted molar refractivity (Wildman–Crippen MR) is 201 cm³/mol. The number of anilines is 1. The normalized spacial score (nSPS) is 19.1. The Hall–Kier alpha value is -6.36. The number of imide groups is 1. The highest BCUT2D eigenvalue weighted by molar-refractivity contribution is 6.38. The summed E-state index contributed by atoms with van der Waals surface area (Å²) in [5, 5.41) is 25.7. The monoisotopic (exact) mass is 713 g/mol. The molecule has 4 heterocycles. The Morgan fingerprint density at radius 3 is 1.65 bits per heavy atom. The number of rotatable bonds is 3. The van der Waals surface area contributed by atoms with Gasteiger partial charge < -0.3 is 24.1 Å². The highest BCUT2D eigenvalue weighted by Crippen LogP contribution is 2.46. The van der Waals surface area contributed by atoms with Gasteiger partial charge in [0.2, 0.25) is 0 Å². The molecule has 2 aromatic heterocycles. The lowest BCUT2D eigenvalue weighted by molar-refractivity contribution is 0.0390. The van der Waals surface area contributed by atoms with Crippen LogP contribution in [0.1, 0.15) is 102 Å². The van der Waals surface area contributed by atoms with Crippen molar-refractivity contribution in [1.29, 1.82) is 0 Å². The van der Waals surface area contributed by atoms with Crippen LogP contribution in [0, 0.1) is 0 Å². The molecular formula is C44H31N3O7. The van der Waals surface area contributed by atoms with Gasteiger partial charge in [-0.25, -0.2) is 14.5 Å². The fourth-order valence-corrected chi connectivity index (χ4v) is 9.59.